The first-order valence-electron chi connectivity index (χ1n) is 5.67. The molecule has 0 saturated heterocycles. The number of anilines is 2. The van der Waals surface area contributed by atoms with Crippen molar-refractivity contribution in [3.8, 4) is 0 Å². The molecule has 102 valence electrons. The van der Waals surface area contributed by atoms with Crippen molar-refractivity contribution >= 4 is 39.2 Å². The van der Waals surface area contributed by atoms with Crippen LogP contribution in [0.4, 0.5) is 11.4 Å². The van der Waals surface area contributed by atoms with E-state index in [9.17, 15) is 9.59 Å². The number of carbonyl (C=O) groups is 2. The summed E-state index contributed by atoms with van der Waals surface area (Å²) in [7, 11) is 0. The van der Waals surface area contributed by atoms with Crippen LogP contribution in [0.2, 0.25) is 0 Å². The van der Waals surface area contributed by atoms with Gasteiger partial charge >= 0.3 is 5.97 Å². The van der Waals surface area contributed by atoms with Crippen LogP contribution >= 0.6 is 15.9 Å². The number of carbonyl (C=O) groups excluding carboxylic acids is 1. The van der Waals surface area contributed by atoms with Crippen LogP contribution in [0, 0.1) is 0 Å². The molecule has 4 N–H and O–H groups in total. The first kappa shape index (κ1) is 14.1. The van der Waals surface area contributed by atoms with Crippen molar-refractivity contribution in [1.29, 1.82) is 0 Å². The number of hydrogen-bond donors (Lipinski definition) is 3. The van der Waals surface area contributed by atoms with E-state index in [4.69, 9.17) is 10.8 Å². The Morgan fingerprint density at radius 2 is 1.90 bits per heavy atom. The number of amides is 1. The predicted octanol–water partition coefficient (Wildman–Crippen LogP) is 2.98. The maximum absolute atomic E-state index is 12.1. The molecule has 0 saturated carbocycles. The zero-order valence-electron chi connectivity index (χ0n) is 10.3. The van der Waals surface area contributed by atoms with E-state index in [1.807, 2.05) is 0 Å². The molecule has 1 amide bonds. The molecule has 0 radical (unpaired) electrons. The lowest BCUT2D eigenvalue weighted by atomic mass is 10.1. The van der Waals surface area contributed by atoms with E-state index >= 15 is 0 Å². The highest BCUT2D eigenvalue weighted by Gasteiger charge is 2.14. The van der Waals surface area contributed by atoms with Gasteiger partial charge in [0, 0.05) is 15.7 Å². The van der Waals surface area contributed by atoms with Gasteiger partial charge < -0.3 is 16.2 Å². The summed E-state index contributed by atoms with van der Waals surface area (Å²) in [5.41, 5.74) is 6.45. The molecule has 6 heteroatoms. The SMILES string of the molecule is Nc1ccc(NC(=O)c2cccc(Br)c2)c(C(=O)O)c1. The van der Waals surface area contributed by atoms with E-state index in [0.717, 1.165) is 4.47 Å². The van der Waals surface area contributed by atoms with Crippen LogP contribution < -0.4 is 11.1 Å². The van der Waals surface area contributed by atoms with Crippen molar-refractivity contribution in [2.75, 3.05) is 11.1 Å². The molecule has 0 bridgehead atoms. The van der Waals surface area contributed by atoms with E-state index in [2.05, 4.69) is 21.2 Å². The molecule has 0 fully saturated rings. The van der Waals surface area contributed by atoms with Crippen molar-refractivity contribution in [2.45, 2.75) is 0 Å². The van der Waals surface area contributed by atoms with Gasteiger partial charge in [0.1, 0.15) is 0 Å². The van der Waals surface area contributed by atoms with Gasteiger partial charge in [-0.2, -0.15) is 0 Å². The standard InChI is InChI=1S/C14H11BrN2O3/c15-9-3-1-2-8(6-9)13(18)17-12-5-4-10(16)7-11(12)14(19)20/h1-7H,16H2,(H,17,18)(H,19,20). The van der Waals surface area contributed by atoms with Crippen LogP contribution in [-0.2, 0) is 0 Å². The summed E-state index contributed by atoms with van der Waals surface area (Å²) in [6, 6.07) is 11.1. The molecule has 0 spiro atoms. The van der Waals surface area contributed by atoms with E-state index in [1.54, 1.807) is 24.3 Å². The van der Waals surface area contributed by atoms with Crippen molar-refractivity contribution in [3.63, 3.8) is 0 Å². The van der Waals surface area contributed by atoms with E-state index in [0.29, 0.717) is 11.3 Å². The summed E-state index contributed by atoms with van der Waals surface area (Å²) in [5.74, 6) is -1.54. The number of aromatic carboxylic acids is 1. The molecule has 2 aromatic carbocycles. The topological polar surface area (TPSA) is 92.4 Å². The zero-order valence-corrected chi connectivity index (χ0v) is 11.8. The number of benzene rings is 2. The fraction of sp³-hybridized carbons (Fsp3) is 0. The minimum atomic E-state index is -1.15. The van der Waals surface area contributed by atoms with Crippen LogP contribution in [0.3, 0.4) is 0 Å². The average Bonchev–Trinajstić information content (AvgIpc) is 2.40. The number of rotatable bonds is 3. The molecule has 5 nitrogen and oxygen atoms in total. The maximum atomic E-state index is 12.1. The Morgan fingerprint density at radius 1 is 1.15 bits per heavy atom. The Morgan fingerprint density at radius 3 is 2.55 bits per heavy atom. The van der Waals surface area contributed by atoms with Gasteiger partial charge in [0.2, 0.25) is 0 Å². The van der Waals surface area contributed by atoms with Gasteiger partial charge in [-0.3, -0.25) is 4.79 Å². The summed E-state index contributed by atoms with van der Waals surface area (Å²) < 4.78 is 0.765. The second-order valence-corrected chi connectivity index (χ2v) is 4.99. The van der Waals surface area contributed by atoms with E-state index in [-0.39, 0.29) is 11.3 Å². The average molecular weight is 335 g/mol. The van der Waals surface area contributed by atoms with Gasteiger partial charge in [0.25, 0.3) is 5.91 Å². The Bertz CT molecular complexity index is 686. The molecule has 0 aliphatic rings. The highest BCUT2D eigenvalue weighted by Crippen LogP contribution is 2.20. The fourth-order valence-corrected chi connectivity index (χ4v) is 2.07. The molecule has 0 aliphatic carbocycles. The number of nitrogen functional groups attached to an aromatic ring is 1. The van der Waals surface area contributed by atoms with E-state index < -0.39 is 11.9 Å². The van der Waals surface area contributed by atoms with Crippen LogP contribution in [-0.4, -0.2) is 17.0 Å². The second kappa shape index (κ2) is 5.75. The Balaban J connectivity index is 2.30. The first-order chi connectivity index (χ1) is 9.47. The number of hydrogen-bond acceptors (Lipinski definition) is 3. The van der Waals surface area contributed by atoms with Crippen LogP contribution in [0.15, 0.2) is 46.9 Å². The van der Waals surface area contributed by atoms with Gasteiger partial charge in [-0.25, -0.2) is 4.79 Å². The summed E-state index contributed by atoms with van der Waals surface area (Å²) in [6.07, 6.45) is 0. The smallest absolute Gasteiger partial charge is 0.337 e. The molecule has 2 rings (SSSR count). The van der Waals surface area contributed by atoms with Gasteiger partial charge in [-0.15, -0.1) is 0 Å². The Hall–Kier alpha value is -2.34. The molecular formula is C14H11BrN2O3. The van der Waals surface area contributed by atoms with Crippen molar-refractivity contribution in [2.24, 2.45) is 0 Å². The van der Waals surface area contributed by atoms with Gasteiger partial charge in [0.05, 0.1) is 11.3 Å². The van der Waals surface area contributed by atoms with Crippen molar-refractivity contribution < 1.29 is 14.7 Å². The van der Waals surface area contributed by atoms with Gasteiger partial charge in [0.15, 0.2) is 0 Å². The van der Waals surface area contributed by atoms with E-state index in [1.165, 1.54) is 18.2 Å². The lowest BCUT2D eigenvalue weighted by molar-refractivity contribution is 0.0698. The molecule has 2 aromatic rings. The number of carboxylic acid groups (broad SMARTS) is 1. The molecule has 0 aromatic heterocycles. The predicted molar refractivity (Wildman–Crippen MR) is 79.9 cm³/mol. The maximum Gasteiger partial charge on any atom is 0.337 e. The highest BCUT2D eigenvalue weighted by atomic mass is 79.9. The number of halogens is 1. The number of nitrogens with one attached hydrogen (secondary N) is 1. The zero-order chi connectivity index (χ0) is 14.7. The largest absolute Gasteiger partial charge is 0.478 e. The van der Waals surface area contributed by atoms with Crippen LogP contribution in [0.5, 0.6) is 0 Å². The molecule has 0 atom stereocenters. The van der Waals surface area contributed by atoms with Crippen molar-refractivity contribution in [1.82, 2.24) is 0 Å². The molecule has 0 aliphatic heterocycles. The Labute approximate surface area is 123 Å². The molecule has 20 heavy (non-hydrogen) atoms. The third-order valence-electron chi connectivity index (χ3n) is 2.61. The molecule has 0 heterocycles. The number of carboxylic acids is 1. The summed E-state index contributed by atoms with van der Waals surface area (Å²) in [5, 5.41) is 11.7. The lowest BCUT2D eigenvalue weighted by Crippen LogP contribution is -2.15. The van der Waals surface area contributed by atoms with Crippen molar-refractivity contribution in [3.05, 3.63) is 58.1 Å². The van der Waals surface area contributed by atoms with Crippen LogP contribution in [0.1, 0.15) is 20.7 Å². The summed E-state index contributed by atoms with van der Waals surface area (Å²) >= 11 is 3.27. The Kier molecular flexibility index (Phi) is 4.05. The summed E-state index contributed by atoms with van der Waals surface area (Å²) in [4.78, 5) is 23.2. The van der Waals surface area contributed by atoms with Crippen LogP contribution in [0.25, 0.3) is 0 Å². The molecule has 0 unspecified atom stereocenters. The first-order valence-corrected chi connectivity index (χ1v) is 6.46. The number of nitrogens with two attached hydrogens (primary N) is 1. The van der Waals surface area contributed by atoms with Gasteiger partial charge in [-0.05, 0) is 36.4 Å². The molecular weight excluding hydrogens is 324 g/mol. The fourth-order valence-electron chi connectivity index (χ4n) is 1.67. The third-order valence-corrected chi connectivity index (χ3v) is 3.10. The normalized spacial score (nSPS) is 10.1. The quantitative estimate of drug-likeness (QED) is 0.752. The third kappa shape index (κ3) is 3.16. The summed E-state index contributed by atoms with van der Waals surface area (Å²) in [6.45, 7) is 0. The second-order valence-electron chi connectivity index (χ2n) is 4.07. The minimum Gasteiger partial charge on any atom is -0.478 e. The van der Waals surface area contributed by atoms with Gasteiger partial charge in [-0.1, -0.05) is 22.0 Å². The highest BCUT2D eigenvalue weighted by molar-refractivity contribution is 9.10. The lowest BCUT2D eigenvalue weighted by Gasteiger charge is -2.09. The monoisotopic (exact) mass is 334 g/mol. The minimum absolute atomic E-state index is 0.0478.